The molecule has 1 fully saturated rings. The van der Waals surface area contributed by atoms with Crippen molar-refractivity contribution in [3.63, 3.8) is 0 Å². The van der Waals surface area contributed by atoms with E-state index in [1.165, 1.54) is 32.4 Å². The number of nitrogens with two attached hydrogens (primary N) is 1. The first-order valence-corrected chi connectivity index (χ1v) is 11.6. The van der Waals surface area contributed by atoms with Crippen LogP contribution in [0, 0.1) is 0 Å². The van der Waals surface area contributed by atoms with E-state index in [0.29, 0.717) is 0 Å². The van der Waals surface area contributed by atoms with E-state index in [1.807, 2.05) is 0 Å². The van der Waals surface area contributed by atoms with Gasteiger partial charge in [-0.2, -0.15) is 0 Å². The maximum atomic E-state index is 5.45. The molecular formula is C20H48N8. The number of hydrogen-bond donors (Lipinski definition) is 7. The van der Waals surface area contributed by atoms with Gasteiger partial charge in [0.05, 0.1) is 0 Å². The third-order valence-electron chi connectivity index (χ3n) is 4.95. The maximum absolute atomic E-state index is 5.45. The van der Waals surface area contributed by atoms with Gasteiger partial charge in [0.25, 0.3) is 0 Å². The van der Waals surface area contributed by atoms with Gasteiger partial charge in [0.15, 0.2) is 0 Å². The minimum absolute atomic E-state index is 0.722. The standard InChI is InChI=1S/C20H48N8/c21-5-12-22-6-1-7-23-13-15-25-10-3-18-28-19-4-11-26-16-14-24-8-2-9-27-17-20-28/h22-27H,1-21H2. The number of nitrogens with zero attached hydrogens (tertiary/aromatic N) is 1. The van der Waals surface area contributed by atoms with Crippen molar-refractivity contribution in [2.45, 2.75) is 25.7 Å². The Hall–Kier alpha value is -0.320. The molecule has 0 unspecified atom stereocenters. The van der Waals surface area contributed by atoms with Gasteiger partial charge in [0, 0.05) is 52.4 Å². The van der Waals surface area contributed by atoms with E-state index in [-0.39, 0.29) is 0 Å². The minimum Gasteiger partial charge on any atom is -0.329 e. The Bertz CT molecular complexity index is 292. The normalized spacial score (nSPS) is 18.8. The second-order valence-corrected chi connectivity index (χ2v) is 7.54. The van der Waals surface area contributed by atoms with Crippen molar-refractivity contribution in [3.05, 3.63) is 0 Å². The molecule has 0 aromatic heterocycles. The summed E-state index contributed by atoms with van der Waals surface area (Å²) >= 11 is 0. The van der Waals surface area contributed by atoms with E-state index in [0.717, 1.165) is 98.0 Å². The van der Waals surface area contributed by atoms with Gasteiger partial charge in [-0.25, -0.2) is 0 Å². The molecule has 1 aliphatic heterocycles. The molecule has 0 amide bonds. The van der Waals surface area contributed by atoms with Crippen molar-refractivity contribution in [1.29, 1.82) is 0 Å². The Morgan fingerprint density at radius 3 is 1.93 bits per heavy atom. The Balaban J connectivity index is 1.96. The topological polar surface area (TPSA) is 101 Å². The Morgan fingerprint density at radius 2 is 1.21 bits per heavy atom. The van der Waals surface area contributed by atoms with Crippen molar-refractivity contribution in [3.8, 4) is 0 Å². The molecule has 1 heterocycles. The highest BCUT2D eigenvalue weighted by Crippen LogP contribution is 1.94. The Kier molecular flexibility index (Phi) is 19.6. The molecule has 0 aliphatic carbocycles. The van der Waals surface area contributed by atoms with Crippen LogP contribution in [-0.2, 0) is 0 Å². The van der Waals surface area contributed by atoms with Crippen LogP contribution < -0.4 is 37.6 Å². The van der Waals surface area contributed by atoms with Crippen LogP contribution in [0.4, 0.5) is 0 Å². The molecule has 8 nitrogen and oxygen atoms in total. The number of nitrogens with one attached hydrogen (secondary N) is 6. The average Bonchev–Trinajstić information content (AvgIpc) is 2.71. The molecular weight excluding hydrogens is 352 g/mol. The third-order valence-corrected chi connectivity index (χ3v) is 4.95. The summed E-state index contributed by atoms with van der Waals surface area (Å²) in [6.07, 6.45) is 4.83. The lowest BCUT2D eigenvalue weighted by Crippen LogP contribution is -2.38. The van der Waals surface area contributed by atoms with Crippen molar-refractivity contribution < 1.29 is 0 Å². The lowest BCUT2D eigenvalue weighted by Gasteiger charge is -2.23. The second kappa shape index (κ2) is 21.4. The van der Waals surface area contributed by atoms with Crippen LogP contribution in [0.3, 0.4) is 0 Å². The summed E-state index contributed by atoms with van der Waals surface area (Å²) in [7, 11) is 0. The summed E-state index contributed by atoms with van der Waals surface area (Å²) in [6, 6.07) is 0. The van der Waals surface area contributed by atoms with Gasteiger partial charge in [-0.1, -0.05) is 0 Å². The number of rotatable bonds is 13. The molecule has 28 heavy (non-hydrogen) atoms. The van der Waals surface area contributed by atoms with Gasteiger partial charge in [0.2, 0.25) is 0 Å². The van der Waals surface area contributed by atoms with Crippen LogP contribution in [0.15, 0.2) is 0 Å². The zero-order chi connectivity index (χ0) is 20.0. The van der Waals surface area contributed by atoms with Gasteiger partial charge in [-0.15, -0.1) is 0 Å². The summed E-state index contributed by atoms with van der Waals surface area (Å²) in [5.74, 6) is 0. The monoisotopic (exact) mass is 400 g/mol. The quantitative estimate of drug-likeness (QED) is 0.185. The zero-order valence-corrected chi connectivity index (χ0v) is 18.2. The fourth-order valence-electron chi connectivity index (χ4n) is 3.31. The molecule has 0 aromatic rings. The Morgan fingerprint density at radius 1 is 0.607 bits per heavy atom. The van der Waals surface area contributed by atoms with Gasteiger partial charge in [-0.3, -0.25) is 0 Å². The van der Waals surface area contributed by atoms with Gasteiger partial charge < -0.3 is 42.5 Å². The van der Waals surface area contributed by atoms with E-state index in [4.69, 9.17) is 5.73 Å². The summed E-state index contributed by atoms with van der Waals surface area (Å²) in [5.41, 5.74) is 5.45. The lowest BCUT2D eigenvalue weighted by molar-refractivity contribution is 0.263. The molecule has 0 aromatic carbocycles. The summed E-state index contributed by atoms with van der Waals surface area (Å²) in [5, 5.41) is 21.0. The molecule has 8 N–H and O–H groups in total. The van der Waals surface area contributed by atoms with Crippen molar-refractivity contribution in [2.75, 3.05) is 105 Å². The molecule has 1 rings (SSSR count). The van der Waals surface area contributed by atoms with Crippen LogP contribution in [0.5, 0.6) is 0 Å². The maximum Gasteiger partial charge on any atom is 0.0107 e. The summed E-state index contributed by atoms with van der Waals surface area (Å²) in [6.45, 7) is 17.1. The van der Waals surface area contributed by atoms with E-state index < -0.39 is 0 Å². The largest absolute Gasteiger partial charge is 0.329 e. The Labute approximate surface area is 173 Å². The van der Waals surface area contributed by atoms with E-state index in [1.54, 1.807) is 0 Å². The molecule has 0 bridgehead atoms. The van der Waals surface area contributed by atoms with Crippen LogP contribution in [0.25, 0.3) is 0 Å². The van der Waals surface area contributed by atoms with Crippen LogP contribution in [0.2, 0.25) is 0 Å². The van der Waals surface area contributed by atoms with Gasteiger partial charge in [-0.05, 0) is 78.0 Å². The molecule has 8 heteroatoms. The summed E-state index contributed by atoms with van der Waals surface area (Å²) < 4.78 is 0. The van der Waals surface area contributed by atoms with Crippen LogP contribution in [-0.4, -0.2) is 110 Å². The highest BCUT2D eigenvalue weighted by Gasteiger charge is 2.05. The highest BCUT2D eigenvalue weighted by molar-refractivity contribution is 4.65. The van der Waals surface area contributed by atoms with E-state index in [2.05, 4.69) is 36.8 Å². The third kappa shape index (κ3) is 17.8. The fraction of sp³-hybridized carbons (Fsp3) is 1.00. The first kappa shape index (κ1) is 25.7. The molecule has 1 saturated heterocycles. The second-order valence-electron chi connectivity index (χ2n) is 7.54. The average molecular weight is 401 g/mol. The van der Waals surface area contributed by atoms with E-state index >= 15 is 0 Å². The zero-order valence-electron chi connectivity index (χ0n) is 18.2. The van der Waals surface area contributed by atoms with Crippen LogP contribution >= 0.6 is 0 Å². The summed E-state index contributed by atoms with van der Waals surface area (Å²) in [4.78, 5) is 2.62. The first-order valence-electron chi connectivity index (χ1n) is 11.6. The molecule has 0 radical (unpaired) electrons. The van der Waals surface area contributed by atoms with Gasteiger partial charge >= 0.3 is 0 Å². The number of hydrogen-bond acceptors (Lipinski definition) is 8. The van der Waals surface area contributed by atoms with E-state index in [9.17, 15) is 0 Å². The SMILES string of the molecule is NCCNCCCNCCNCCCN1CCCNCCNCCCNCC1. The van der Waals surface area contributed by atoms with Gasteiger partial charge in [0.1, 0.15) is 0 Å². The minimum atomic E-state index is 0.722. The predicted octanol–water partition coefficient (Wildman–Crippen LogP) is -1.64. The predicted molar refractivity (Wildman–Crippen MR) is 121 cm³/mol. The molecule has 0 saturated carbocycles. The van der Waals surface area contributed by atoms with Crippen LogP contribution in [0.1, 0.15) is 25.7 Å². The molecule has 0 spiro atoms. The molecule has 1 aliphatic rings. The smallest absolute Gasteiger partial charge is 0.0107 e. The molecule has 0 atom stereocenters. The van der Waals surface area contributed by atoms with Crippen molar-refractivity contribution in [1.82, 2.24) is 36.8 Å². The molecule has 168 valence electrons. The highest BCUT2D eigenvalue weighted by atomic mass is 15.1. The van der Waals surface area contributed by atoms with Crippen molar-refractivity contribution in [2.24, 2.45) is 5.73 Å². The van der Waals surface area contributed by atoms with Crippen molar-refractivity contribution >= 4 is 0 Å². The fourth-order valence-corrected chi connectivity index (χ4v) is 3.31. The first-order chi connectivity index (χ1) is 13.9. The lowest BCUT2D eigenvalue weighted by atomic mass is 10.3.